The number of ether oxygens (including phenoxy) is 1. The number of nitrogens with one attached hydrogen (secondary N) is 2. The third-order valence-electron chi connectivity index (χ3n) is 6.63. The first-order valence-corrected chi connectivity index (χ1v) is 14.2. The Morgan fingerprint density at radius 1 is 1.00 bits per heavy atom. The normalized spacial score (nSPS) is 15.2. The van der Waals surface area contributed by atoms with E-state index in [9.17, 15) is 19.5 Å². The maximum Gasteiger partial charge on any atom is 0.408 e. The topological polar surface area (TPSA) is 108 Å². The highest BCUT2D eigenvalue weighted by Crippen LogP contribution is 2.35. The van der Waals surface area contributed by atoms with Crippen LogP contribution in [0.4, 0.5) is 4.79 Å². The van der Waals surface area contributed by atoms with Gasteiger partial charge < -0.3 is 25.4 Å². The van der Waals surface area contributed by atoms with Crippen molar-refractivity contribution in [1.29, 1.82) is 0 Å². The molecule has 0 fully saturated rings. The molecule has 39 heavy (non-hydrogen) atoms. The number of rotatable bonds is 11. The molecule has 0 spiro atoms. The van der Waals surface area contributed by atoms with Crippen molar-refractivity contribution >= 4 is 17.9 Å². The summed E-state index contributed by atoms with van der Waals surface area (Å²) in [4.78, 5) is 42.9. The third-order valence-corrected chi connectivity index (χ3v) is 6.63. The summed E-state index contributed by atoms with van der Waals surface area (Å²) in [6.07, 6.45) is 1.42. The minimum Gasteiger partial charge on any atom is -0.507 e. The second-order valence-electron chi connectivity index (χ2n) is 13.2. The van der Waals surface area contributed by atoms with Crippen LogP contribution in [0.1, 0.15) is 113 Å². The van der Waals surface area contributed by atoms with Gasteiger partial charge in [0.05, 0.1) is 0 Å². The van der Waals surface area contributed by atoms with E-state index in [1.165, 1.54) is 0 Å². The molecule has 0 aliphatic carbocycles. The van der Waals surface area contributed by atoms with Crippen molar-refractivity contribution < 1.29 is 24.2 Å². The average Bonchev–Trinajstić information content (AvgIpc) is 2.78. The number of hydrogen-bond acceptors (Lipinski definition) is 5. The molecular weight excluding hydrogens is 494 g/mol. The molecule has 4 atom stereocenters. The molecule has 0 saturated heterocycles. The Morgan fingerprint density at radius 3 is 2.08 bits per heavy atom. The second-order valence-corrected chi connectivity index (χ2v) is 13.2. The zero-order valence-corrected chi connectivity index (χ0v) is 26.3. The van der Waals surface area contributed by atoms with E-state index in [-0.39, 0.29) is 23.6 Å². The lowest BCUT2D eigenvalue weighted by Crippen LogP contribution is -2.58. The lowest BCUT2D eigenvalue weighted by molar-refractivity contribution is -0.146. The van der Waals surface area contributed by atoms with E-state index in [1.807, 2.05) is 41.5 Å². The van der Waals surface area contributed by atoms with Gasteiger partial charge in [-0.05, 0) is 85.6 Å². The summed E-state index contributed by atoms with van der Waals surface area (Å²) in [5.74, 6) is -0.651. The SMILES string of the molecule is CCC(C)C(NC(=O)OC(C)(C)C)C(=O)N(C(C)CCC(C)C)C(C(=O)NC(C)(C)C)c1cccc(C)c1O. The molecule has 222 valence electrons. The summed E-state index contributed by atoms with van der Waals surface area (Å²) in [5.41, 5.74) is -0.356. The van der Waals surface area contributed by atoms with Crippen molar-refractivity contribution in [3.05, 3.63) is 29.3 Å². The van der Waals surface area contributed by atoms with Crippen LogP contribution in [-0.2, 0) is 14.3 Å². The van der Waals surface area contributed by atoms with Gasteiger partial charge in [-0.25, -0.2) is 4.79 Å². The Hall–Kier alpha value is -2.77. The lowest BCUT2D eigenvalue weighted by atomic mass is 9.92. The van der Waals surface area contributed by atoms with Crippen LogP contribution < -0.4 is 10.6 Å². The van der Waals surface area contributed by atoms with Crippen LogP contribution in [0.15, 0.2) is 18.2 Å². The van der Waals surface area contributed by atoms with Gasteiger partial charge in [-0.3, -0.25) is 9.59 Å². The number of carbonyl (C=O) groups is 3. The smallest absolute Gasteiger partial charge is 0.408 e. The number of phenols is 1. The first kappa shape index (κ1) is 34.3. The van der Waals surface area contributed by atoms with Crippen LogP contribution in [0.25, 0.3) is 0 Å². The molecule has 0 aliphatic rings. The van der Waals surface area contributed by atoms with E-state index < -0.39 is 35.2 Å². The molecule has 0 aromatic heterocycles. The maximum absolute atomic E-state index is 14.5. The molecule has 0 aliphatic heterocycles. The van der Waals surface area contributed by atoms with E-state index in [1.54, 1.807) is 50.8 Å². The number of amides is 3. The molecule has 8 nitrogen and oxygen atoms in total. The minimum absolute atomic E-state index is 0.0272. The van der Waals surface area contributed by atoms with Crippen molar-refractivity contribution in [2.45, 2.75) is 132 Å². The first-order valence-electron chi connectivity index (χ1n) is 14.2. The van der Waals surface area contributed by atoms with Gasteiger partial charge in [0.1, 0.15) is 23.4 Å². The van der Waals surface area contributed by atoms with Crippen molar-refractivity contribution in [2.24, 2.45) is 11.8 Å². The molecule has 1 rings (SSSR count). The van der Waals surface area contributed by atoms with Crippen molar-refractivity contribution in [1.82, 2.24) is 15.5 Å². The number of alkyl carbamates (subject to hydrolysis) is 1. The van der Waals surface area contributed by atoms with E-state index in [2.05, 4.69) is 24.5 Å². The second kappa shape index (κ2) is 14.0. The standard InChI is InChI=1S/C31H53N3O5/c1-13-20(4)24(32-29(38)39-31(10,11)12)28(37)34(22(6)18-17-19(2)3)25(27(36)33-30(7,8)9)23-16-14-15-21(5)26(23)35/h14-16,19-20,22,24-25,35H,13,17-18H2,1-12H3,(H,32,38)(H,33,36). The van der Waals surface area contributed by atoms with E-state index in [4.69, 9.17) is 4.74 Å². The van der Waals surface area contributed by atoms with Gasteiger partial charge in [0.25, 0.3) is 0 Å². The van der Waals surface area contributed by atoms with Crippen molar-refractivity contribution in [2.75, 3.05) is 0 Å². The van der Waals surface area contributed by atoms with Gasteiger partial charge in [-0.1, -0.05) is 52.3 Å². The van der Waals surface area contributed by atoms with E-state index in [0.717, 1.165) is 6.42 Å². The van der Waals surface area contributed by atoms with E-state index >= 15 is 0 Å². The number of aryl methyl sites for hydroxylation is 1. The molecule has 1 aromatic carbocycles. The van der Waals surface area contributed by atoms with Gasteiger partial charge in [0, 0.05) is 17.1 Å². The lowest BCUT2D eigenvalue weighted by Gasteiger charge is -2.41. The summed E-state index contributed by atoms with van der Waals surface area (Å²) < 4.78 is 5.49. The zero-order chi connectivity index (χ0) is 30.3. The molecule has 0 radical (unpaired) electrons. The van der Waals surface area contributed by atoms with Gasteiger partial charge in [-0.15, -0.1) is 0 Å². The summed E-state index contributed by atoms with van der Waals surface area (Å²) in [6, 6.07) is 2.83. The highest BCUT2D eigenvalue weighted by Gasteiger charge is 2.42. The largest absolute Gasteiger partial charge is 0.507 e. The van der Waals surface area contributed by atoms with Crippen LogP contribution in [0, 0.1) is 18.8 Å². The molecule has 1 aromatic rings. The minimum atomic E-state index is -1.11. The van der Waals surface area contributed by atoms with Gasteiger partial charge in [0.2, 0.25) is 11.8 Å². The molecule has 4 unspecified atom stereocenters. The zero-order valence-electron chi connectivity index (χ0n) is 26.3. The van der Waals surface area contributed by atoms with Crippen molar-refractivity contribution in [3.63, 3.8) is 0 Å². The van der Waals surface area contributed by atoms with E-state index in [0.29, 0.717) is 29.9 Å². The fraction of sp³-hybridized carbons (Fsp3) is 0.710. The van der Waals surface area contributed by atoms with Crippen LogP contribution >= 0.6 is 0 Å². The van der Waals surface area contributed by atoms with Gasteiger partial charge in [0.15, 0.2) is 0 Å². The monoisotopic (exact) mass is 547 g/mol. The molecule has 0 saturated carbocycles. The third kappa shape index (κ3) is 10.7. The fourth-order valence-corrected chi connectivity index (χ4v) is 4.35. The van der Waals surface area contributed by atoms with Crippen LogP contribution in [0.3, 0.4) is 0 Å². The van der Waals surface area contributed by atoms with Crippen molar-refractivity contribution in [3.8, 4) is 5.75 Å². The van der Waals surface area contributed by atoms with Crippen LogP contribution in [0.5, 0.6) is 5.75 Å². The van der Waals surface area contributed by atoms with Gasteiger partial charge >= 0.3 is 6.09 Å². The Kier molecular flexibility index (Phi) is 12.3. The predicted molar refractivity (Wildman–Crippen MR) is 156 cm³/mol. The number of nitrogens with zero attached hydrogens (tertiary/aromatic N) is 1. The number of aromatic hydroxyl groups is 1. The number of benzene rings is 1. The molecule has 3 amide bonds. The fourth-order valence-electron chi connectivity index (χ4n) is 4.35. The molecular formula is C31H53N3O5. The Bertz CT molecular complexity index is 977. The van der Waals surface area contributed by atoms with Gasteiger partial charge in [-0.2, -0.15) is 0 Å². The molecule has 3 N–H and O–H groups in total. The van der Waals surface area contributed by atoms with Crippen LogP contribution in [-0.4, -0.2) is 51.1 Å². The molecule has 0 heterocycles. The molecule has 0 bridgehead atoms. The summed E-state index contributed by atoms with van der Waals surface area (Å²) in [7, 11) is 0. The molecule has 8 heteroatoms. The first-order chi connectivity index (χ1) is 17.8. The highest BCUT2D eigenvalue weighted by molar-refractivity contribution is 5.93. The summed E-state index contributed by atoms with van der Waals surface area (Å²) >= 11 is 0. The number of phenolic OH excluding ortho intramolecular Hbond substituents is 1. The number of carbonyl (C=O) groups excluding carboxylic acids is 3. The summed E-state index contributed by atoms with van der Waals surface area (Å²) in [6.45, 7) is 22.7. The number of hydrogen-bond donors (Lipinski definition) is 3. The Morgan fingerprint density at radius 2 is 1.59 bits per heavy atom. The highest BCUT2D eigenvalue weighted by atomic mass is 16.6. The Labute approximate surface area is 236 Å². The number of para-hydroxylation sites is 1. The average molecular weight is 548 g/mol. The summed E-state index contributed by atoms with van der Waals surface area (Å²) in [5, 5.41) is 16.9. The predicted octanol–water partition coefficient (Wildman–Crippen LogP) is 6.25. The Balaban J connectivity index is 3.78. The van der Waals surface area contributed by atoms with Crippen LogP contribution in [0.2, 0.25) is 0 Å². The quantitative estimate of drug-likeness (QED) is 0.304. The maximum atomic E-state index is 14.5.